The van der Waals surface area contributed by atoms with Gasteiger partial charge in [0.15, 0.2) is 0 Å². The van der Waals surface area contributed by atoms with E-state index in [0.29, 0.717) is 30.7 Å². The van der Waals surface area contributed by atoms with Crippen molar-refractivity contribution >= 4 is 31.8 Å². The molecule has 0 amide bonds. The highest BCUT2D eigenvalue weighted by Crippen LogP contribution is 2.37. The topological polar surface area (TPSA) is 142 Å². The molecule has 2 aromatic carbocycles. The zero-order chi connectivity index (χ0) is 26.9. The second-order valence-corrected chi connectivity index (χ2v) is 11.5. The molecule has 3 N–H and O–H groups in total. The Kier molecular flexibility index (Phi) is 11.5. The van der Waals surface area contributed by atoms with Crippen LogP contribution < -0.4 is 10.1 Å². The minimum Gasteiger partial charge on any atom is -0.490 e. The molecule has 0 radical (unpaired) electrons. The minimum atomic E-state index is -3.67. The van der Waals surface area contributed by atoms with Crippen LogP contribution in [0.4, 0.5) is 4.39 Å². The number of nitrogens with zero attached hydrogens (tertiary/aromatic N) is 1. The summed E-state index contributed by atoms with van der Waals surface area (Å²) in [7, 11) is -7.33. The van der Waals surface area contributed by atoms with Crippen LogP contribution in [-0.4, -0.2) is 82.2 Å². The largest absolute Gasteiger partial charge is 0.490 e. The molecule has 0 spiro atoms. The lowest BCUT2D eigenvalue weighted by Gasteiger charge is -2.42. The van der Waals surface area contributed by atoms with Gasteiger partial charge in [-0.1, -0.05) is 29.8 Å². The number of nitrogens with one attached hydrogen (secondary N) is 1. The second-order valence-electron chi connectivity index (χ2n) is 8.17. The minimum absolute atomic E-state index is 0.120. The Hall–Kier alpha value is -1.84. The molecule has 0 saturated carbocycles. The molecular weight excluding hydrogens is 539 g/mol. The molecule has 1 saturated heterocycles. The Morgan fingerprint density at radius 2 is 1.67 bits per heavy atom. The summed E-state index contributed by atoms with van der Waals surface area (Å²) < 4.78 is 77.4. The van der Waals surface area contributed by atoms with Gasteiger partial charge in [-0.3, -0.25) is 14.0 Å². The monoisotopic (exact) mass is 568 g/mol. The van der Waals surface area contributed by atoms with Crippen LogP contribution in [0.25, 0.3) is 0 Å². The van der Waals surface area contributed by atoms with Crippen molar-refractivity contribution in [3.05, 3.63) is 64.4 Å². The molecule has 2 heterocycles. The van der Waals surface area contributed by atoms with Gasteiger partial charge in [0.25, 0.3) is 20.2 Å². The first-order chi connectivity index (χ1) is 16.7. The van der Waals surface area contributed by atoms with Crippen molar-refractivity contribution in [2.75, 3.05) is 45.3 Å². The fourth-order valence-corrected chi connectivity index (χ4v) is 3.99. The molecule has 36 heavy (non-hydrogen) atoms. The number of piperazine rings is 1. The summed E-state index contributed by atoms with van der Waals surface area (Å²) in [5.74, 6) is 0.574. The summed E-state index contributed by atoms with van der Waals surface area (Å²) in [6.45, 7) is 4.64. The van der Waals surface area contributed by atoms with Crippen LogP contribution in [0.2, 0.25) is 5.02 Å². The molecule has 2 aliphatic rings. The van der Waals surface area contributed by atoms with Crippen LogP contribution in [0.15, 0.2) is 42.5 Å². The second kappa shape index (κ2) is 13.6. The number of hydrogen-bond donors (Lipinski definition) is 3. The average molecular weight is 569 g/mol. The van der Waals surface area contributed by atoms with Gasteiger partial charge in [0.1, 0.15) is 24.3 Å². The van der Waals surface area contributed by atoms with Crippen LogP contribution in [0.3, 0.4) is 0 Å². The average Bonchev–Trinajstić information content (AvgIpc) is 2.75. The maximum Gasteiger partial charge on any atom is 0.261 e. The maximum absolute atomic E-state index is 13.6. The van der Waals surface area contributed by atoms with Crippen LogP contribution in [-0.2, 0) is 31.6 Å². The Morgan fingerprint density at radius 3 is 2.25 bits per heavy atom. The predicted molar refractivity (Wildman–Crippen MR) is 134 cm³/mol. The molecule has 2 unspecified atom stereocenters. The van der Waals surface area contributed by atoms with E-state index in [9.17, 15) is 21.2 Å². The van der Waals surface area contributed by atoms with Gasteiger partial charge in [-0.05, 0) is 29.8 Å². The van der Waals surface area contributed by atoms with Gasteiger partial charge in [-0.15, -0.1) is 0 Å². The van der Waals surface area contributed by atoms with Crippen molar-refractivity contribution in [2.24, 2.45) is 0 Å². The van der Waals surface area contributed by atoms with E-state index in [1.807, 2.05) is 18.2 Å². The van der Waals surface area contributed by atoms with Crippen LogP contribution >= 0.6 is 11.6 Å². The third kappa shape index (κ3) is 11.9. The number of hydrogen-bond acceptors (Lipinski definition) is 8. The van der Waals surface area contributed by atoms with Crippen LogP contribution in [0.5, 0.6) is 5.75 Å². The zero-order valence-corrected chi connectivity index (χ0v) is 22.2. The molecule has 0 aromatic heterocycles. The van der Waals surface area contributed by atoms with E-state index in [0.717, 1.165) is 43.1 Å². The van der Waals surface area contributed by atoms with Crippen molar-refractivity contribution in [3.8, 4) is 5.75 Å². The fourth-order valence-electron chi connectivity index (χ4n) is 3.75. The Balaban J connectivity index is 0.000000389. The van der Waals surface area contributed by atoms with E-state index in [4.69, 9.17) is 30.2 Å². The number of para-hydroxylation sites is 1. The van der Waals surface area contributed by atoms with Crippen molar-refractivity contribution in [1.29, 1.82) is 0 Å². The zero-order valence-electron chi connectivity index (χ0n) is 19.8. The summed E-state index contributed by atoms with van der Waals surface area (Å²) in [4.78, 5) is 2.45. The first kappa shape index (κ1) is 30.4. The smallest absolute Gasteiger partial charge is 0.261 e. The van der Waals surface area contributed by atoms with Gasteiger partial charge in [0.2, 0.25) is 0 Å². The highest BCUT2D eigenvalue weighted by molar-refractivity contribution is 7.85. The molecule has 1 fully saturated rings. The molecular formula is C22H30ClFN2O8S2. The molecule has 14 heteroatoms. The van der Waals surface area contributed by atoms with Gasteiger partial charge in [-0.2, -0.15) is 16.8 Å². The molecule has 2 aromatic rings. The third-order valence-electron chi connectivity index (χ3n) is 4.92. The van der Waals surface area contributed by atoms with E-state index >= 15 is 0 Å². The normalized spacial score (nSPS) is 20.1. The SMILES string of the molecule is CS(=O)(=O)O.CS(=O)(=O)O.Fc1cc(Cl)cc(COC2COc3ccccc3C2N2CCNCC2)c1. The molecule has 10 nitrogen and oxygen atoms in total. The number of benzene rings is 2. The van der Waals surface area contributed by atoms with Gasteiger partial charge < -0.3 is 14.8 Å². The Labute approximate surface area is 215 Å². The van der Waals surface area contributed by atoms with E-state index < -0.39 is 20.2 Å². The quantitative estimate of drug-likeness (QED) is 0.470. The summed E-state index contributed by atoms with van der Waals surface area (Å²) in [6, 6.07) is 12.8. The van der Waals surface area contributed by atoms with Crippen LogP contribution in [0.1, 0.15) is 17.2 Å². The van der Waals surface area contributed by atoms with E-state index in [1.165, 1.54) is 12.1 Å². The number of halogens is 2. The van der Waals surface area contributed by atoms with Gasteiger partial charge in [0, 0.05) is 36.8 Å². The lowest BCUT2D eigenvalue weighted by atomic mass is 9.95. The lowest BCUT2D eigenvalue weighted by molar-refractivity contribution is -0.0617. The lowest BCUT2D eigenvalue weighted by Crippen LogP contribution is -2.51. The van der Waals surface area contributed by atoms with Gasteiger partial charge in [0.05, 0.1) is 25.2 Å². The molecule has 0 bridgehead atoms. The molecule has 4 rings (SSSR count). The molecule has 2 aliphatic heterocycles. The number of fused-ring (bicyclic) bond motifs is 1. The van der Waals surface area contributed by atoms with Crippen molar-refractivity contribution < 1.29 is 39.8 Å². The maximum atomic E-state index is 13.6. The van der Waals surface area contributed by atoms with E-state index in [-0.39, 0.29) is 18.0 Å². The van der Waals surface area contributed by atoms with E-state index in [1.54, 1.807) is 6.07 Å². The van der Waals surface area contributed by atoms with Gasteiger partial charge in [-0.25, -0.2) is 4.39 Å². The fraction of sp³-hybridized carbons (Fsp3) is 0.455. The van der Waals surface area contributed by atoms with Crippen molar-refractivity contribution in [3.63, 3.8) is 0 Å². The van der Waals surface area contributed by atoms with Crippen molar-refractivity contribution in [2.45, 2.75) is 18.8 Å². The highest BCUT2D eigenvalue weighted by Gasteiger charge is 2.36. The Morgan fingerprint density at radius 1 is 1.08 bits per heavy atom. The first-order valence-corrected chi connectivity index (χ1v) is 14.9. The van der Waals surface area contributed by atoms with Crippen LogP contribution in [0, 0.1) is 5.82 Å². The highest BCUT2D eigenvalue weighted by atomic mass is 35.5. The predicted octanol–water partition coefficient (Wildman–Crippen LogP) is 2.41. The first-order valence-electron chi connectivity index (χ1n) is 10.8. The van der Waals surface area contributed by atoms with Crippen molar-refractivity contribution in [1.82, 2.24) is 10.2 Å². The van der Waals surface area contributed by atoms with E-state index in [2.05, 4.69) is 16.3 Å². The summed E-state index contributed by atoms with van der Waals surface area (Å²) in [5.41, 5.74) is 1.89. The Bertz CT molecular complexity index is 1140. The number of rotatable bonds is 4. The van der Waals surface area contributed by atoms with Gasteiger partial charge >= 0.3 is 0 Å². The standard InChI is InChI=1S/C20H22ClFN2O2.2CH4O3S/c21-15-9-14(10-16(22)11-15)12-25-19-13-26-18-4-2-1-3-17(18)20(19)24-7-5-23-6-8-24;2*1-5(2,3)4/h1-4,9-11,19-20,23H,5-8,12-13H2;2*1H3,(H,2,3,4). The third-order valence-corrected chi connectivity index (χ3v) is 5.14. The summed E-state index contributed by atoms with van der Waals surface area (Å²) >= 11 is 5.95. The molecule has 2 atom stereocenters. The molecule has 0 aliphatic carbocycles. The number of ether oxygens (including phenoxy) is 2. The summed E-state index contributed by atoms with van der Waals surface area (Å²) in [5, 5.41) is 3.77. The molecule has 202 valence electrons. The summed E-state index contributed by atoms with van der Waals surface area (Å²) in [6.07, 6.45) is 1.31.